The minimum absolute atomic E-state index is 0.0240. The Balaban J connectivity index is 0.000000291. The summed E-state index contributed by atoms with van der Waals surface area (Å²) in [7, 11) is 0. The Hall–Kier alpha value is -2.72. The molecule has 0 aliphatic carbocycles. The first-order valence-electron chi connectivity index (χ1n) is 12.7. The van der Waals surface area contributed by atoms with E-state index in [0.29, 0.717) is 42.5 Å². The Morgan fingerprint density at radius 2 is 1.81 bits per heavy atom. The zero-order valence-corrected chi connectivity index (χ0v) is 24.0. The van der Waals surface area contributed by atoms with Crippen molar-refractivity contribution in [1.29, 1.82) is 0 Å². The van der Waals surface area contributed by atoms with Crippen LogP contribution in [0.2, 0.25) is 0 Å². The van der Waals surface area contributed by atoms with E-state index in [2.05, 4.69) is 54.9 Å². The summed E-state index contributed by atoms with van der Waals surface area (Å²) in [6.07, 6.45) is 6.11. The Morgan fingerprint density at radius 3 is 2.24 bits per heavy atom. The molecule has 0 bridgehead atoms. The maximum absolute atomic E-state index is 12.2. The minimum Gasteiger partial charge on any atom is -0.418 e. The van der Waals surface area contributed by atoms with Gasteiger partial charge >= 0.3 is 0 Å². The van der Waals surface area contributed by atoms with E-state index in [1.54, 1.807) is 0 Å². The van der Waals surface area contributed by atoms with E-state index in [9.17, 15) is 14.4 Å². The molecule has 37 heavy (non-hydrogen) atoms. The average molecular weight is 534 g/mol. The van der Waals surface area contributed by atoms with Crippen LogP contribution in [-0.4, -0.2) is 64.6 Å². The minimum atomic E-state index is -0.0412. The molecule has 10 heteroatoms. The van der Waals surface area contributed by atoms with Gasteiger partial charge < -0.3 is 14.6 Å². The highest BCUT2D eigenvalue weighted by atomic mass is 32.2. The number of rotatable bonds is 10. The highest BCUT2D eigenvalue weighted by molar-refractivity contribution is 7.96. The molecule has 2 amide bonds. The molecule has 0 radical (unpaired) electrons. The zero-order valence-electron chi connectivity index (χ0n) is 23.1. The van der Waals surface area contributed by atoms with Gasteiger partial charge in [0.25, 0.3) is 5.89 Å². The molecule has 2 heterocycles. The summed E-state index contributed by atoms with van der Waals surface area (Å²) in [5.41, 5.74) is 1.08. The number of aromatic nitrogens is 2. The van der Waals surface area contributed by atoms with Gasteiger partial charge in [-0.2, -0.15) is 0 Å². The van der Waals surface area contributed by atoms with Crippen molar-refractivity contribution >= 4 is 30.6 Å². The second-order valence-electron chi connectivity index (χ2n) is 9.70. The van der Waals surface area contributed by atoms with E-state index < -0.39 is 0 Å². The lowest BCUT2D eigenvalue weighted by Gasteiger charge is -2.29. The summed E-state index contributed by atoms with van der Waals surface area (Å²) in [4.78, 5) is 34.3. The fourth-order valence-corrected chi connectivity index (χ4v) is 4.12. The number of nitrogens with zero attached hydrogens (tertiary/aromatic N) is 3. The summed E-state index contributed by atoms with van der Waals surface area (Å²) < 4.78 is 8.25. The normalized spacial score (nSPS) is 16.2. The van der Waals surface area contributed by atoms with E-state index in [-0.39, 0.29) is 17.8 Å². The molecule has 1 fully saturated rings. The second kappa shape index (κ2) is 17.7. The third-order valence-corrected chi connectivity index (χ3v) is 6.62. The van der Waals surface area contributed by atoms with Gasteiger partial charge in [-0.05, 0) is 50.3 Å². The van der Waals surface area contributed by atoms with Gasteiger partial charge in [-0.3, -0.25) is 19.1 Å². The number of nitrogens with one attached hydrogen (secondary N) is 2. The number of benzene rings is 1. The molecule has 0 spiro atoms. The van der Waals surface area contributed by atoms with Gasteiger partial charge in [0.1, 0.15) is 0 Å². The van der Waals surface area contributed by atoms with Crippen molar-refractivity contribution in [2.75, 3.05) is 12.8 Å². The standard InChI is InChI=1S/C11H22N2OS.C10H8N2O2.C6H13NO/c1-8(2)10(12-15-4)11(14)13-7-5-6-9(13)3;13-7-10-12-11-9(14-10)6-8-4-2-1-3-5-8;1-5(2)6(3)7-4-8/h8-10,12H,5-7H2,1-4H3;1-5,7H,6H2;4-6H,1-3H3,(H,7,8)/t9-,10?;;/m1../s1. The monoisotopic (exact) mass is 533 g/mol. The number of aldehydes is 1. The molecule has 2 aromatic rings. The highest BCUT2D eigenvalue weighted by Gasteiger charge is 2.31. The molecule has 3 atom stereocenters. The lowest BCUT2D eigenvalue weighted by molar-refractivity contribution is -0.134. The number of carbonyl (C=O) groups excluding carboxylic acids is 3. The van der Waals surface area contributed by atoms with E-state index >= 15 is 0 Å². The van der Waals surface area contributed by atoms with E-state index in [0.717, 1.165) is 31.4 Å². The fraction of sp³-hybridized carbons (Fsp3) is 0.593. The van der Waals surface area contributed by atoms with Crippen molar-refractivity contribution in [3.63, 3.8) is 0 Å². The maximum atomic E-state index is 12.2. The summed E-state index contributed by atoms with van der Waals surface area (Å²) in [6.45, 7) is 13.4. The summed E-state index contributed by atoms with van der Waals surface area (Å²) in [5.74, 6) is 1.62. The van der Waals surface area contributed by atoms with Crippen LogP contribution in [0, 0.1) is 11.8 Å². The van der Waals surface area contributed by atoms with E-state index in [1.807, 2.05) is 48.4 Å². The molecular formula is C27H43N5O4S. The van der Waals surface area contributed by atoms with Crippen LogP contribution in [0.3, 0.4) is 0 Å². The van der Waals surface area contributed by atoms with Crippen molar-refractivity contribution in [1.82, 2.24) is 25.1 Å². The summed E-state index contributed by atoms with van der Waals surface area (Å²) in [6, 6.07) is 10.4. The Morgan fingerprint density at radius 1 is 1.14 bits per heavy atom. The van der Waals surface area contributed by atoms with Crippen LogP contribution < -0.4 is 10.0 Å². The predicted molar refractivity (Wildman–Crippen MR) is 148 cm³/mol. The van der Waals surface area contributed by atoms with Crippen LogP contribution in [0.1, 0.15) is 76.5 Å². The molecule has 1 aromatic heterocycles. The lowest BCUT2D eigenvalue weighted by Crippen LogP contribution is -2.48. The van der Waals surface area contributed by atoms with Crippen LogP contribution in [0.5, 0.6) is 0 Å². The van der Waals surface area contributed by atoms with Crippen molar-refractivity contribution in [3.8, 4) is 0 Å². The quantitative estimate of drug-likeness (QED) is 0.346. The van der Waals surface area contributed by atoms with Crippen molar-refractivity contribution in [3.05, 3.63) is 47.7 Å². The van der Waals surface area contributed by atoms with Gasteiger partial charge in [-0.1, -0.05) is 70.0 Å². The van der Waals surface area contributed by atoms with Crippen molar-refractivity contribution in [2.45, 2.75) is 78.9 Å². The van der Waals surface area contributed by atoms with Gasteiger partial charge in [0, 0.05) is 18.6 Å². The van der Waals surface area contributed by atoms with Gasteiger partial charge in [-0.15, -0.1) is 10.2 Å². The molecule has 1 aromatic carbocycles. The molecule has 9 nitrogen and oxygen atoms in total. The molecule has 1 aliphatic heterocycles. The van der Waals surface area contributed by atoms with Crippen LogP contribution in [0.25, 0.3) is 0 Å². The van der Waals surface area contributed by atoms with Crippen LogP contribution >= 0.6 is 11.9 Å². The SMILES string of the molecule is CC(C)C(C)NC=O.CSNC(C(=O)N1CCC[C@H]1C)C(C)C.O=Cc1nnc(Cc2ccccc2)o1. The Kier molecular flexibility index (Phi) is 15.4. The number of carbonyl (C=O) groups is 3. The maximum Gasteiger partial charge on any atom is 0.280 e. The third-order valence-electron chi connectivity index (χ3n) is 6.13. The van der Waals surface area contributed by atoms with Gasteiger partial charge in [-0.25, -0.2) is 0 Å². The molecule has 2 unspecified atom stereocenters. The lowest BCUT2D eigenvalue weighted by atomic mass is 10.0. The van der Waals surface area contributed by atoms with Gasteiger partial charge in [0.05, 0.1) is 12.5 Å². The van der Waals surface area contributed by atoms with Crippen molar-refractivity contribution in [2.24, 2.45) is 11.8 Å². The highest BCUT2D eigenvalue weighted by Crippen LogP contribution is 2.20. The van der Waals surface area contributed by atoms with Crippen LogP contribution in [0.15, 0.2) is 34.7 Å². The first-order valence-corrected chi connectivity index (χ1v) is 14.0. The smallest absolute Gasteiger partial charge is 0.280 e. The van der Waals surface area contributed by atoms with E-state index in [1.165, 1.54) is 11.9 Å². The molecule has 2 N–H and O–H groups in total. The largest absolute Gasteiger partial charge is 0.418 e. The van der Waals surface area contributed by atoms with Gasteiger partial charge in [0.15, 0.2) is 0 Å². The Labute approximate surface area is 225 Å². The van der Waals surface area contributed by atoms with Crippen LogP contribution in [0.4, 0.5) is 0 Å². The number of likely N-dealkylation sites (tertiary alicyclic amines) is 1. The molecular weight excluding hydrogens is 490 g/mol. The third kappa shape index (κ3) is 11.9. The molecule has 1 saturated heterocycles. The average Bonchev–Trinajstić information content (AvgIpc) is 3.52. The topological polar surface area (TPSA) is 117 Å². The fourth-order valence-electron chi connectivity index (χ4n) is 3.49. The first-order chi connectivity index (χ1) is 17.6. The number of hydrogen-bond acceptors (Lipinski definition) is 8. The zero-order chi connectivity index (χ0) is 27.8. The predicted octanol–water partition coefficient (Wildman–Crippen LogP) is 4.14. The first kappa shape index (κ1) is 32.3. The van der Waals surface area contributed by atoms with Crippen LogP contribution in [-0.2, 0) is 16.0 Å². The number of hydrogen-bond donors (Lipinski definition) is 2. The second-order valence-corrected chi connectivity index (χ2v) is 10.3. The molecule has 3 rings (SSSR count). The number of amides is 2. The van der Waals surface area contributed by atoms with Crippen molar-refractivity contribution < 1.29 is 18.8 Å². The molecule has 0 saturated carbocycles. The summed E-state index contributed by atoms with van der Waals surface area (Å²) >= 11 is 1.53. The Bertz CT molecular complexity index is 923. The van der Waals surface area contributed by atoms with Gasteiger partial charge in [0.2, 0.25) is 24.5 Å². The van der Waals surface area contributed by atoms with E-state index in [4.69, 9.17) is 4.42 Å². The molecule has 1 aliphatic rings. The summed E-state index contributed by atoms with van der Waals surface area (Å²) in [5, 5.41) is 9.94. The molecule has 206 valence electrons.